The molecule has 0 aromatic carbocycles. The summed E-state index contributed by atoms with van der Waals surface area (Å²) < 4.78 is 0. The first-order valence-corrected chi connectivity index (χ1v) is 15.3. The van der Waals surface area contributed by atoms with Crippen molar-refractivity contribution in [1.82, 2.24) is 0 Å². The van der Waals surface area contributed by atoms with Gasteiger partial charge in [0.15, 0.2) is 23.1 Å². The summed E-state index contributed by atoms with van der Waals surface area (Å²) >= 11 is 0. The molecule has 0 bridgehead atoms. The molecular formula is C32H44O16Zr. The van der Waals surface area contributed by atoms with E-state index in [0.29, 0.717) is 25.7 Å². The first-order chi connectivity index (χ1) is 22.3. The molecule has 0 N–H and O–H groups in total. The van der Waals surface area contributed by atoms with Crippen molar-refractivity contribution in [1.29, 1.82) is 0 Å². The Hall–Kier alpha value is -3.88. The van der Waals surface area contributed by atoms with Crippen molar-refractivity contribution in [3.05, 3.63) is 0 Å². The first-order valence-electron chi connectivity index (χ1n) is 15.3. The van der Waals surface area contributed by atoms with Crippen LogP contribution in [0.5, 0.6) is 0 Å². The van der Waals surface area contributed by atoms with E-state index in [2.05, 4.69) is 0 Å². The Morgan fingerprint density at radius 1 is 0.327 bits per heavy atom. The summed E-state index contributed by atoms with van der Waals surface area (Å²) in [6.45, 7) is 7.64. The van der Waals surface area contributed by atoms with Gasteiger partial charge in [0, 0.05) is 25.7 Å². The minimum atomic E-state index is -1.78. The predicted molar refractivity (Wildman–Crippen MR) is 157 cm³/mol. The number of hydrogen-bond donors (Lipinski definition) is 0. The third kappa shape index (κ3) is 40.2. The fraction of sp³-hybridized carbons (Fsp3) is 0.625. The van der Waals surface area contributed by atoms with Crippen molar-refractivity contribution in [3.63, 3.8) is 0 Å². The molecule has 272 valence electrons. The van der Waals surface area contributed by atoms with Crippen LogP contribution in [0.25, 0.3) is 0 Å². The van der Waals surface area contributed by atoms with Gasteiger partial charge in [-0.05, 0) is 25.7 Å². The third-order valence-electron chi connectivity index (χ3n) is 5.58. The van der Waals surface area contributed by atoms with Gasteiger partial charge < -0.3 is 39.6 Å². The Labute approximate surface area is 303 Å². The van der Waals surface area contributed by atoms with Crippen LogP contribution in [0.2, 0.25) is 0 Å². The number of aliphatic carboxylic acids is 4. The Balaban J connectivity index is -0.000000174. The first kappa shape index (κ1) is 54.6. The number of carboxylic acids is 4. The van der Waals surface area contributed by atoms with Gasteiger partial charge in [-0.25, -0.2) is 0 Å². The molecule has 0 heterocycles. The normalized spacial score (nSPS) is 9.22. The molecule has 0 saturated carbocycles. The topological polar surface area (TPSA) is 297 Å². The van der Waals surface area contributed by atoms with Gasteiger partial charge in [0.2, 0.25) is 0 Å². The van der Waals surface area contributed by atoms with E-state index in [4.69, 9.17) is 0 Å². The van der Waals surface area contributed by atoms with Crippen molar-refractivity contribution in [3.8, 4) is 0 Å². The summed E-state index contributed by atoms with van der Waals surface area (Å²) in [5.41, 5.74) is 0. The van der Waals surface area contributed by atoms with Gasteiger partial charge in [-0.15, -0.1) is 0 Å². The average molecular weight is 776 g/mol. The van der Waals surface area contributed by atoms with Gasteiger partial charge in [0.1, 0.15) is 47.0 Å². The van der Waals surface area contributed by atoms with Crippen molar-refractivity contribution >= 4 is 70.1 Å². The molecule has 0 unspecified atom stereocenters. The Bertz CT molecular complexity index is 964. The zero-order valence-electron chi connectivity index (χ0n) is 28.3. The van der Waals surface area contributed by atoms with Crippen LogP contribution in [-0.4, -0.2) is 70.1 Å². The summed E-state index contributed by atoms with van der Waals surface area (Å²) in [5.74, 6) is -12.9. The number of hydrogen-bond acceptors (Lipinski definition) is 16. The van der Waals surface area contributed by atoms with E-state index in [1.165, 1.54) is 0 Å². The zero-order chi connectivity index (χ0) is 38.2. The molecule has 0 aromatic rings. The van der Waals surface area contributed by atoms with E-state index in [0.717, 1.165) is 25.7 Å². The van der Waals surface area contributed by atoms with Gasteiger partial charge in [0.05, 0.1) is 25.7 Å². The summed E-state index contributed by atoms with van der Waals surface area (Å²) in [6, 6.07) is 0. The average Bonchev–Trinajstić information content (AvgIpc) is 3.01. The molecule has 0 rings (SSSR count). The van der Waals surface area contributed by atoms with E-state index >= 15 is 0 Å². The molecule has 16 nitrogen and oxygen atoms in total. The quantitative estimate of drug-likeness (QED) is 0.0743. The summed E-state index contributed by atoms with van der Waals surface area (Å²) in [7, 11) is 0. The molecule has 0 aliphatic rings. The number of Topliss-reactive ketones (excluding diaryl/α,β-unsaturated/α-hetero) is 8. The minimum Gasteiger partial charge on any atom is -0.542 e. The molecule has 0 fully saturated rings. The van der Waals surface area contributed by atoms with Crippen molar-refractivity contribution in [2.24, 2.45) is 0 Å². The smallest absolute Gasteiger partial charge is 0.542 e. The van der Waals surface area contributed by atoms with Gasteiger partial charge in [0.25, 0.3) is 0 Å². The maximum absolute atomic E-state index is 10.8. The van der Waals surface area contributed by atoms with Crippen LogP contribution in [-0.2, 0) is 83.7 Å². The Morgan fingerprint density at radius 2 is 0.469 bits per heavy atom. The fourth-order valence-electron chi connectivity index (χ4n) is 2.85. The second-order valence-corrected chi connectivity index (χ2v) is 10.1. The van der Waals surface area contributed by atoms with Crippen molar-refractivity contribution in [2.75, 3.05) is 0 Å². The Kier molecular flexibility index (Phi) is 39.5. The summed E-state index contributed by atoms with van der Waals surface area (Å²) in [6.07, 6.45) is 5.18. The van der Waals surface area contributed by atoms with Crippen LogP contribution in [0.15, 0.2) is 0 Å². The van der Waals surface area contributed by atoms with Gasteiger partial charge >= 0.3 is 26.2 Å². The molecule has 0 amide bonds. The van der Waals surface area contributed by atoms with E-state index in [-0.39, 0.29) is 75.0 Å². The number of ketones is 8. The standard InChI is InChI=1S/4C8H12O4.Zr/c4*1-2-3-4-6(9)5-7(10)8(11)12;/h4*2-5H2,1H3,(H,11,12);/q;;;;+4/p-4. The van der Waals surface area contributed by atoms with Crippen LogP contribution in [0.4, 0.5) is 0 Å². The van der Waals surface area contributed by atoms with Crippen molar-refractivity contribution in [2.45, 2.75) is 130 Å². The molecule has 0 atom stereocenters. The molecule has 0 spiro atoms. The molecule has 0 saturated heterocycles. The van der Waals surface area contributed by atoms with E-state index in [9.17, 15) is 78.0 Å². The number of rotatable bonds is 24. The second-order valence-electron chi connectivity index (χ2n) is 10.1. The van der Waals surface area contributed by atoms with Crippen LogP contribution in [0.3, 0.4) is 0 Å². The van der Waals surface area contributed by atoms with Crippen molar-refractivity contribution < 1.29 is 104 Å². The van der Waals surface area contributed by atoms with Gasteiger partial charge in [-0.2, -0.15) is 0 Å². The maximum Gasteiger partial charge on any atom is 4.00 e. The second kappa shape index (κ2) is 35.4. The largest absolute Gasteiger partial charge is 4.00 e. The minimum absolute atomic E-state index is 0. The third-order valence-corrected chi connectivity index (χ3v) is 5.58. The molecular weight excluding hydrogens is 732 g/mol. The van der Waals surface area contributed by atoms with E-state index < -0.39 is 72.7 Å². The van der Waals surface area contributed by atoms with Gasteiger partial charge in [-0.1, -0.05) is 53.4 Å². The Morgan fingerprint density at radius 3 is 0.571 bits per heavy atom. The fourth-order valence-corrected chi connectivity index (χ4v) is 2.85. The molecule has 49 heavy (non-hydrogen) atoms. The van der Waals surface area contributed by atoms with Crippen LogP contribution in [0, 0.1) is 0 Å². The molecule has 17 heteroatoms. The summed E-state index contributed by atoms with van der Waals surface area (Å²) in [4.78, 5) is 125. The molecule has 0 radical (unpaired) electrons. The monoisotopic (exact) mass is 774 g/mol. The number of carboxylic acid groups (broad SMARTS) is 4. The number of carbonyl (C=O) groups excluding carboxylic acids is 12. The predicted octanol–water partition coefficient (Wildman–Crippen LogP) is -2.18. The van der Waals surface area contributed by atoms with Crippen LogP contribution < -0.4 is 20.4 Å². The van der Waals surface area contributed by atoms with Crippen LogP contribution in [0.1, 0.15) is 130 Å². The molecule has 0 aliphatic carbocycles. The SMILES string of the molecule is CCCCC(=O)CC(=O)C(=O)[O-].CCCCC(=O)CC(=O)C(=O)[O-].CCCCC(=O)CC(=O)C(=O)[O-].CCCCC(=O)CC(=O)C(=O)[O-].[Zr+4]. The maximum atomic E-state index is 10.8. The zero-order valence-corrected chi connectivity index (χ0v) is 30.8. The van der Waals surface area contributed by atoms with Crippen LogP contribution >= 0.6 is 0 Å². The number of unbranched alkanes of at least 4 members (excludes halogenated alkanes) is 4. The van der Waals surface area contributed by atoms with E-state index in [1.54, 1.807) is 0 Å². The van der Waals surface area contributed by atoms with E-state index in [1.807, 2.05) is 27.7 Å². The summed E-state index contributed by atoms with van der Waals surface area (Å²) in [5, 5.41) is 39.6. The number of carbonyl (C=O) groups is 12. The van der Waals surface area contributed by atoms with Gasteiger partial charge in [-0.3, -0.25) is 38.4 Å². The molecule has 0 aliphatic heterocycles. The molecule has 0 aromatic heterocycles.